The molecule has 0 saturated carbocycles. The second-order valence-corrected chi connectivity index (χ2v) is 5.22. The molecule has 7 heteroatoms. The molecule has 1 heterocycles. The molecule has 2 rings (SSSR count). The minimum absolute atomic E-state index is 0.0827. The van der Waals surface area contributed by atoms with Crippen LogP contribution in [0.15, 0.2) is 24.3 Å². The van der Waals surface area contributed by atoms with Crippen molar-refractivity contribution in [1.29, 1.82) is 0 Å². The average molecular weight is 320 g/mol. The number of amides is 2. The van der Waals surface area contributed by atoms with Crippen LogP contribution in [0.25, 0.3) is 0 Å². The Morgan fingerprint density at radius 2 is 2.04 bits per heavy atom. The molecule has 1 aliphatic heterocycles. The minimum atomic E-state index is -0.964. The van der Waals surface area contributed by atoms with E-state index >= 15 is 0 Å². The van der Waals surface area contributed by atoms with Gasteiger partial charge in [-0.25, -0.2) is 0 Å². The van der Waals surface area contributed by atoms with Crippen LogP contribution in [-0.4, -0.2) is 42.1 Å². The lowest BCUT2D eigenvalue weighted by atomic mass is 10.1. The molecule has 1 aromatic rings. The van der Waals surface area contributed by atoms with E-state index in [4.69, 9.17) is 9.84 Å². The molecule has 0 saturated heterocycles. The van der Waals surface area contributed by atoms with E-state index in [0.717, 1.165) is 0 Å². The SMILES string of the molecule is CCC1Oc2ccccc2N(CCC(=O)NCCC(=O)O)C1=O. The number of rotatable bonds is 7. The average Bonchev–Trinajstić information content (AvgIpc) is 2.53. The number of hydrogen-bond acceptors (Lipinski definition) is 4. The van der Waals surface area contributed by atoms with Gasteiger partial charge >= 0.3 is 5.97 Å². The van der Waals surface area contributed by atoms with Gasteiger partial charge in [-0.2, -0.15) is 0 Å². The van der Waals surface area contributed by atoms with Crippen molar-refractivity contribution in [3.8, 4) is 5.75 Å². The third kappa shape index (κ3) is 4.21. The molecule has 23 heavy (non-hydrogen) atoms. The Kier molecular flexibility index (Phi) is 5.56. The summed E-state index contributed by atoms with van der Waals surface area (Å²) in [6.07, 6.45) is -0.00640. The highest BCUT2D eigenvalue weighted by Crippen LogP contribution is 2.34. The van der Waals surface area contributed by atoms with Crippen LogP contribution in [0.5, 0.6) is 5.75 Å². The van der Waals surface area contributed by atoms with E-state index in [-0.39, 0.29) is 37.7 Å². The molecule has 1 aromatic carbocycles. The number of benzene rings is 1. The number of aliphatic carboxylic acids is 1. The van der Waals surface area contributed by atoms with E-state index in [9.17, 15) is 14.4 Å². The molecule has 0 radical (unpaired) electrons. The molecule has 1 aliphatic rings. The Bertz CT molecular complexity index is 602. The predicted octanol–water partition coefficient (Wildman–Crippen LogP) is 1.17. The number of carbonyl (C=O) groups is 3. The van der Waals surface area contributed by atoms with Gasteiger partial charge in [-0.15, -0.1) is 0 Å². The maximum absolute atomic E-state index is 12.4. The largest absolute Gasteiger partial charge is 0.481 e. The normalized spacial score (nSPS) is 16.5. The van der Waals surface area contributed by atoms with Crippen LogP contribution in [0.1, 0.15) is 26.2 Å². The first-order valence-electron chi connectivity index (χ1n) is 7.58. The Hall–Kier alpha value is -2.57. The molecule has 1 atom stereocenters. The van der Waals surface area contributed by atoms with Gasteiger partial charge in [0.1, 0.15) is 5.75 Å². The predicted molar refractivity (Wildman–Crippen MR) is 83.4 cm³/mol. The van der Waals surface area contributed by atoms with E-state index in [0.29, 0.717) is 17.9 Å². The maximum Gasteiger partial charge on any atom is 0.305 e. The molecule has 2 N–H and O–H groups in total. The van der Waals surface area contributed by atoms with Crippen molar-refractivity contribution in [1.82, 2.24) is 5.32 Å². The number of nitrogens with zero attached hydrogens (tertiary/aromatic N) is 1. The highest BCUT2D eigenvalue weighted by Gasteiger charge is 2.32. The summed E-state index contributed by atoms with van der Waals surface area (Å²) >= 11 is 0. The lowest BCUT2D eigenvalue weighted by Gasteiger charge is -2.33. The van der Waals surface area contributed by atoms with Crippen LogP contribution in [0.3, 0.4) is 0 Å². The number of ether oxygens (including phenoxy) is 1. The van der Waals surface area contributed by atoms with Crippen LogP contribution in [0, 0.1) is 0 Å². The molecule has 1 unspecified atom stereocenters. The summed E-state index contributed by atoms with van der Waals surface area (Å²) < 4.78 is 5.66. The molecule has 7 nitrogen and oxygen atoms in total. The third-order valence-electron chi connectivity index (χ3n) is 3.56. The molecule has 124 valence electrons. The molecule has 0 fully saturated rings. The van der Waals surface area contributed by atoms with Crippen LogP contribution >= 0.6 is 0 Å². The zero-order chi connectivity index (χ0) is 16.8. The fourth-order valence-corrected chi connectivity index (χ4v) is 2.38. The molecular weight excluding hydrogens is 300 g/mol. The molecule has 0 spiro atoms. The summed E-state index contributed by atoms with van der Waals surface area (Å²) in [5.74, 6) is -0.779. The first kappa shape index (κ1) is 16.8. The van der Waals surface area contributed by atoms with Gasteiger partial charge in [0, 0.05) is 19.5 Å². The van der Waals surface area contributed by atoms with Crippen LogP contribution in [-0.2, 0) is 14.4 Å². The zero-order valence-electron chi connectivity index (χ0n) is 12.9. The van der Waals surface area contributed by atoms with Crippen molar-refractivity contribution in [2.75, 3.05) is 18.0 Å². The first-order valence-corrected chi connectivity index (χ1v) is 7.58. The second-order valence-electron chi connectivity index (χ2n) is 5.22. The fourth-order valence-electron chi connectivity index (χ4n) is 2.38. The number of hydrogen-bond donors (Lipinski definition) is 2. The van der Waals surface area contributed by atoms with Gasteiger partial charge in [-0.3, -0.25) is 14.4 Å². The summed E-state index contributed by atoms with van der Waals surface area (Å²) in [5.41, 5.74) is 0.653. The van der Waals surface area contributed by atoms with Crippen molar-refractivity contribution in [3.63, 3.8) is 0 Å². The number of carboxylic acid groups (broad SMARTS) is 1. The zero-order valence-corrected chi connectivity index (χ0v) is 12.9. The van der Waals surface area contributed by atoms with Crippen LogP contribution in [0.4, 0.5) is 5.69 Å². The Morgan fingerprint density at radius 3 is 2.74 bits per heavy atom. The summed E-state index contributed by atoms with van der Waals surface area (Å²) in [4.78, 5) is 36.2. The van der Waals surface area contributed by atoms with Gasteiger partial charge in [-0.1, -0.05) is 19.1 Å². The Labute approximate surface area is 134 Å². The molecule has 0 bridgehead atoms. The van der Waals surface area contributed by atoms with Crippen LogP contribution in [0.2, 0.25) is 0 Å². The summed E-state index contributed by atoms with van der Waals surface area (Å²) in [6, 6.07) is 7.21. The van der Waals surface area contributed by atoms with Crippen molar-refractivity contribution in [2.24, 2.45) is 0 Å². The summed E-state index contributed by atoms with van der Waals surface area (Å²) in [5, 5.41) is 11.1. The number of carbonyl (C=O) groups excluding carboxylic acids is 2. The van der Waals surface area contributed by atoms with Crippen molar-refractivity contribution >= 4 is 23.5 Å². The fraction of sp³-hybridized carbons (Fsp3) is 0.438. The first-order chi connectivity index (χ1) is 11.0. The Morgan fingerprint density at radius 1 is 1.30 bits per heavy atom. The van der Waals surface area contributed by atoms with Gasteiger partial charge in [0.05, 0.1) is 12.1 Å². The molecule has 0 aromatic heterocycles. The number of nitrogens with one attached hydrogen (secondary N) is 1. The van der Waals surface area contributed by atoms with E-state index in [1.54, 1.807) is 17.0 Å². The lowest BCUT2D eigenvalue weighted by molar-refractivity contribution is -0.137. The number of fused-ring (bicyclic) bond motifs is 1. The third-order valence-corrected chi connectivity index (χ3v) is 3.56. The van der Waals surface area contributed by atoms with Gasteiger partial charge < -0.3 is 20.1 Å². The van der Waals surface area contributed by atoms with Crippen molar-refractivity contribution < 1.29 is 24.2 Å². The quantitative estimate of drug-likeness (QED) is 0.786. The molecule has 0 aliphatic carbocycles. The smallest absolute Gasteiger partial charge is 0.305 e. The van der Waals surface area contributed by atoms with Crippen LogP contribution < -0.4 is 15.0 Å². The van der Waals surface area contributed by atoms with Crippen molar-refractivity contribution in [3.05, 3.63) is 24.3 Å². The summed E-state index contributed by atoms with van der Waals surface area (Å²) in [7, 11) is 0. The standard InChI is InChI=1S/C16H20N2O5/c1-2-12-16(22)18(11-5-3-4-6-13(11)23-12)10-8-14(19)17-9-7-15(20)21/h3-6,12H,2,7-10H2,1H3,(H,17,19)(H,20,21). The van der Waals surface area contributed by atoms with E-state index in [1.807, 2.05) is 19.1 Å². The molecule has 2 amide bonds. The monoisotopic (exact) mass is 320 g/mol. The summed E-state index contributed by atoms with van der Waals surface area (Å²) in [6.45, 7) is 2.18. The number of anilines is 1. The van der Waals surface area contributed by atoms with Gasteiger partial charge in [0.2, 0.25) is 5.91 Å². The van der Waals surface area contributed by atoms with E-state index in [2.05, 4.69) is 5.32 Å². The Balaban J connectivity index is 1.99. The maximum atomic E-state index is 12.4. The molecular formula is C16H20N2O5. The highest BCUT2D eigenvalue weighted by molar-refractivity contribution is 6.00. The second kappa shape index (κ2) is 7.62. The number of carboxylic acids is 1. The number of para-hydroxylation sites is 2. The lowest BCUT2D eigenvalue weighted by Crippen LogP contribution is -2.46. The van der Waals surface area contributed by atoms with Gasteiger partial charge in [-0.05, 0) is 18.6 Å². The van der Waals surface area contributed by atoms with Crippen molar-refractivity contribution in [2.45, 2.75) is 32.3 Å². The highest BCUT2D eigenvalue weighted by atomic mass is 16.5. The van der Waals surface area contributed by atoms with E-state index < -0.39 is 12.1 Å². The van der Waals surface area contributed by atoms with Gasteiger partial charge in [0.25, 0.3) is 5.91 Å². The van der Waals surface area contributed by atoms with Gasteiger partial charge in [0.15, 0.2) is 6.10 Å². The van der Waals surface area contributed by atoms with E-state index in [1.165, 1.54) is 0 Å². The topological polar surface area (TPSA) is 95.9 Å². The minimum Gasteiger partial charge on any atom is -0.481 e.